The summed E-state index contributed by atoms with van der Waals surface area (Å²) < 4.78 is 5.44. The molecule has 1 aromatic heterocycles. The monoisotopic (exact) mass is 188 g/mol. The van der Waals surface area contributed by atoms with Crippen LogP contribution in [0.25, 0.3) is 0 Å². The van der Waals surface area contributed by atoms with E-state index in [4.69, 9.17) is 10.00 Å². The van der Waals surface area contributed by atoms with Crippen LogP contribution in [-0.2, 0) is 0 Å². The van der Waals surface area contributed by atoms with Crippen molar-refractivity contribution in [2.45, 2.75) is 19.3 Å². The maximum atomic E-state index is 8.55. The summed E-state index contributed by atoms with van der Waals surface area (Å²) >= 11 is 0. The number of aromatic nitrogens is 1. The zero-order valence-corrected chi connectivity index (χ0v) is 7.94. The third-order valence-electron chi connectivity index (χ3n) is 2.34. The van der Waals surface area contributed by atoms with E-state index in [-0.39, 0.29) is 0 Å². The molecule has 14 heavy (non-hydrogen) atoms. The standard InChI is InChI=1S/C11H12N2O/c12-7-10-3-4-11(13-8-10)14-6-5-9-1-2-9/h3-4,8-9H,1-2,5-6H2. The third kappa shape index (κ3) is 2.46. The lowest BCUT2D eigenvalue weighted by Gasteiger charge is -2.03. The highest BCUT2D eigenvalue weighted by Gasteiger charge is 2.20. The van der Waals surface area contributed by atoms with Crippen LogP contribution in [0.4, 0.5) is 0 Å². The maximum Gasteiger partial charge on any atom is 0.213 e. The molecule has 0 saturated heterocycles. The first-order chi connectivity index (χ1) is 6.88. The lowest BCUT2D eigenvalue weighted by atomic mass is 10.3. The minimum atomic E-state index is 0.569. The normalized spacial score (nSPS) is 14.8. The van der Waals surface area contributed by atoms with Crippen LogP contribution in [0.15, 0.2) is 18.3 Å². The van der Waals surface area contributed by atoms with Gasteiger partial charge in [-0.1, -0.05) is 12.8 Å². The van der Waals surface area contributed by atoms with Gasteiger partial charge in [-0.2, -0.15) is 5.26 Å². The lowest BCUT2D eigenvalue weighted by molar-refractivity contribution is 0.291. The quantitative estimate of drug-likeness (QED) is 0.727. The summed E-state index contributed by atoms with van der Waals surface area (Å²) in [6, 6.07) is 5.48. The van der Waals surface area contributed by atoms with Crippen molar-refractivity contribution < 1.29 is 4.74 Å². The zero-order chi connectivity index (χ0) is 9.80. The van der Waals surface area contributed by atoms with Crippen molar-refractivity contribution >= 4 is 0 Å². The number of rotatable bonds is 4. The molecule has 3 nitrogen and oxygen atoms in total. The van der Waals surface area contributed by atoms with Gasteiger partial charge in [0, 0.05) is 12.3 Å². The summed E-state index contributed by atoms with van der Waals surface area (Å²) in [4.78, 5) is 4.02. The molecule has 0 radical (unpaired) electrons. The molecule has 1 aliphatic carbocycles. The van der Waals surface area contributed by atoms with Gasteiger partial charge in [-0.25, -0.2) is 4.98 Å². The molecule has 0 bridgehead atoms. The van der Waals surface area contributed by atoms with Gasteiger partial charge in [0.25, 0.3) is 0 Å². The number of hydrogen-bond acceptors (Lipinski definition) is 3. The van der Waals surface area contributed by atoms with Crippen LogP contribution in [-0.4, -0.2) is 11.6 Å². The fraction of sp³-hybridized carbons (Fsp3) is 0.455. The Morgan fingerprint density at radius 1 is 1.50 bits per heavy atom. The van der Waals surface area contributed by atoms with Gasteiger partial charge in [-0.05, 0) is 18.4 Å². The molecule has 1 aliphatic rings. The molecular formula is C11H12N2O. The number of ether oxygens (including phenoxy) is 1. The predicted molar refractivity (Wildman–Crippen MR) is 51.8 cm³/mol. The summed E-state index contributed by atoms with van der Waals surface area (Å²) in [5.74, 6) is 1.50. The van der Waals surface area contributed by atoms with E-state index in [1.165, 1.54) is 19.0 Å². The molecule has 1 saturated carbocycles. The van der Waals surface area contributed by atoms with Crippen LogP contribution >= 0.6 is 0 Å². The minimum absolute atomic E-state index is 0.569. The van der Waals surface area contributed by atoms with Crippen molar-refractivity contribution in [2.24, 2.45) is 5.92 Å². The second kappa shape index (κ2) is 4.10. The van der Waals surface area contributed by atoms with Crippen molar-refractivity contribution in [3.05, 3.63) is 23.9 Å². The van der Waals surface area contributed by atoms with Crippen LogP contribution in [0.2, 0.25) is 0 Å². The molecule has 0 aliphatic heterocycles. The fourth-order valence-electron chi connectivity index (χ4n) is 1.27. The molecule has 2 rings (SSSR count). The first-order valence-electron chi connectivity index (χ1n) is 4.87. The van der Waals surface area contributed by atoms with E-state index in [1.54, 1.807) is 12.1 Å². The maximum absolute atomic E-state index is 8.55. The van der Waals surface area contributed by atoms with E-state index in [2.05, 4.69) is 4.98 Å². The lowest BCUT2D eigenvalue weighted by Crippen LogP contribution is -1.99. The first kappa shape index (κ1) is 9.01. The molecule has 0 N–H and O–H groups in total. The number of nitrogens with zero attached hydrogens (tertiary/aromatic N) is 2. The van der Waals surface area contributed by atoms with Gasteiger partial charge >= 0.3 is 0 Å². The predicted octanol–water partition coefficient (Wildman–Crippen LogP) is 2.13. The molecule has 1 fully saturated rings. The Balaban J connectivity index is 1.80. The van der Waals surface area contributed by atoms with E-state index in [9.17, 15) is 0 Å². The molecule has 0 atom stereocenters. The first-order valence-corrected chi connectivity index (χ1v) is 4.87. The van der Waals surface area contributed by atoms with Crippen LogP contribution in [0, 0.1) is 17.2 Å². The minimum Gasteiger partial charge on any atom is -0.478 e. The summed E-state index contributed by atoms with van der Waals surface area (Å²) in [6.45, 7) is 0.740. The molecule has 3 heteroatoms. The highest BCUT2D eigenvalue weighted by molar-refractivity contribution is 5.28. The molecule has 1 aromatic rings. The van der Waals surface area contributed by atoms with Crippen molar-refractivity contribution in [3.8, 4) is 11.9 Å². The highest BCUT2D eigenvalue weighted by Crippen LogP contribution is 2.32. The van der Waals surface area contributed by atoms with Crippen LogP contribution in [0.1, 0.15) is 24.8 Å². The Hall–Kier alpha value is -1.56. The van der Waals surface area contributed by atoms with E-state index in [1.807, 2.05) is 6.07 Å². The molecule has 0 unspecified atom stereocenters. The highest BCUT2D eigenvalue weighted by atomic mass is 16.5. The van der Waals surface area contributed by atoms with Crippen molar-refractivity contribution in [1.82, 2.24) is 4.98 Å². The van der Waals surface area contributed by atoms with Crippen LogP contribution in [0.5, 0.6) is 5.88 Å². The van der Waals surface area contributed by atoms with Gasteiger partial charge in [-0.3, -0.25) is 0 Å². The van der Waals surface area contributed by atoms with E-state index in [0.29, 0.717) is 11.4 Å². The van der Waals surface area contributed by atoms with Crippen LogP contribution in [0.3, 0.4) is 0 Å². The smallest absolute Gasteiger partial charge is 0.213 e. The van der Waals surface area contributed by atoms with Gasteiger partial charge < -0.3 is 4.74 Å². The second-order valence-corrected chi connectivity index (χ2v) is 3.58. The Labute approximate surface area is 83.3 Å². The fourth-order valence-corrected chi connectivity index (χ4v) is 1.27. The molecular weight excluding hydrogens is 176 g/mol. The Morgan fingerprint density at radius 2 is 2.36 bits per heavy atom. The van der Waals surface area contributed by atoms with E-state index in [0.717, 1.165) is 18.9 Å². The number of hydrogen-bond donors (Lipinski definition) is 0. The van der Waals surface area contributed by atoms with E-state index >= 15 is 0 Å². The van der Waals surface area contributed by atoms with Gasteiger partial charge in [0.2, 0.25) is 5.88 Å². The van der Waals surface area contributed by atoms with Crippen molar-refractivity contribution in [1.29, 1.82) is 5.26 Å². The second-order valence-electron chi connectivity index (χ2n) is 3.58. The summed E-state index contributed by atoms with van der Waals surface area (Å²) in [7, 11) is 0. The molecule has 1 heterocycles. The van der Waals surface area contributed by atoms with Crippen molar-refractivity contribution in [3.63, 3.8) is 0 Å². The topological polar surface area (TPSA) is 45.9 Å². The van der Waals surface area contributed by atoms with E-state index < -0.39 is 0 Å². The largest absolute Gasteiger partial charge is 0.478 e. The van der Waals surface area contributed by atoms with Gasteiger partial charge in [0.05, 0.1) is 12.2 Å². The SMILES string of the molecule is N#Cc1ccc(OCCC2CC2)nc1. The summed E-state index contributed by atoms with van der Waals surface area (Å²) in [5, 5.41) is 8.55. The summed E-state index contributed by atoms with van der Waals surface area (Å²) in [5.41, 5.74) is 0.569. The molecule has 0 aromatic carbocycles. The van der Waals surface area contributed by atoms with Gasteiger partial charge in [0.1, 0.15) is 6.07 Å². The summed E-state index contributed by atoms with van der Waals surface area (Å²) in [6.07, 6.45) is 5.36. The Kier molecular flexibility index (Phi) is 2.64. The molecule has 72 valence electrons. The average molecular weight is 188 g/mol. The third-order valence-corrected chi connectivity index (χ3v) is 2.34. The van der Waals surface area contributed by atoms with Crippen molar-refractivity contribution in [2.75, 3.05) is 6.61 Å². The average Bonchev–Trinajstić information content (AvgIpc) is 3.03. The Bertz CT molecular complexity index is 335. The zero-order valence-electron chi connectivity index (χ0n) is 7.94. The number of pyridine rings is 1. The number of nitriles is 1. The molecule has 0 amide bonds. The van der Waals surface area contributed by atoms with Gasteiger partial charge in [0.15, 0.2) is 0 Å². The Morgan fingerprint density at radius 3 is 2.93 bits per heavy atom. The van der Waals surface area contributed by atoms with Crippen LogP contribution < -0.4 is 4.74 Å². The molecule has 0 spiro atoms. The van der Waals surface area contributed by atoms with Gasteiger partial charge in [-0.15, -0.1) is 0 Å².